The first-order chi connectivity index (χ1) is 9.83. The van der Waals surface area contributed by atoms with Crippen LogP contribution in [0.2, 0.25) is 0 Å². The first kappa shape index (κ1) is 16.4. The lowest BCUT2D eigenvalue weighted by molar-refractivity contribution is 0.262. The number of para-hydroxylation sites is 1. The molecule has 21 heavy (non-hydrogen) atoms. The number of hydrogen-bond donors (Lipinski definition) is 2. The lowest BCUT2D eigenvalue weighted by Crippen LogP contribution is -2.19. The largest absolute Gasteiger partial charge is 0.325 e. The molecule has 2 rings (SSSR count). The number of anilines is 2. The Hall–Kier alpha value is -1.01. The summed E-state index contributed by atoms with van der Waals surface area (Å²) in [6.07, 6.45) is 0.253. The van der Waals surface area contributed by atoms with Crippen molar-refractivity contribution < 1.29 is 4.79 Å². The molecule has 1 aromatic heterocycles. The molecule has 1 aromatic carbocycles. The second kappa shape index (κ2) is 6.83. The van der Waals surface area contributed by atoms with Crippen LogP contribution >= 0.6 is 46.1 Å². The van der Waals surface area contributed by atoms with Gasteiger partial charge < -0.3 is 5.32 Å². The van der Waals surface area contributed by atoms with Crippen molar-refractivity contribution in [3.05, 3.63) is 40.9 Å². The third-order valence-corrected chi connectivity index (χ3v) is 3.98. The van der Waals surface area contributed by atoms with E-state index in [9.17, 15) is 4.79 Å². The van der Waals surface area contributed by atoms with E-state index in [0.717, 1.165) is 10.6 Å². The van der Waals surface area contributed by atoms with Crippen molar-refractivity contribution in [2.24, 2.45) is 0 Å². The van der Waals surface area contributed by atoms with E-state index in [1.165, 1.54) is 11.3 Å². The molecule has 0 saturated carbocycles. The normalized spacial score (nSPS) is 11.2. The Morgan fingerprint density at radius 1 is 1.24 bits per heavy atom. The zero-order valence-electron chi connectivity index (χ0n) is 11.0. The van der Waals surface area contributed by atoms with Gasteiger partial charge in [0, 0.05) is 17.0 Å². The smallest absolute Gasteiger partial charge is 0.308 e. The Morgan fingerprint density at radius 3 is 2.52 bits per heavy atom. The molecule has 1 heterocycles. The van der Waals surface area contributed by atoms with E-state index in [-0.39, 0.29) is 12.5 Å². The number of nitrogens with zero attached hydrogens (tertiary/aromatic N) is 1. The van der Waals surface area contributed by atoms with Crippen molar-refractivity contribution >= 4 is 63.0 Å². The van der Waals surface area contributed by atoms with Crippen LogP contribution in [-0.4, -0.2) is 14.8 Å². The molecule has 0 radical (unpaired) electrons. The van der Waals surface area contributed by atoms with Gasteiger partial charge in [0.1, 0.15) is 0 Å². The van der Waals surface area contributed by atoms with E-state index in [4.69, 9.17) is 34.8 Å². The predicted octanol–water partition coefficient (Wildman–Crippen LogP) is 5.01. The molecule has 0 aliphatic carbocycles. The van der Waals surface area contributed by atoms with E-state index in [2.05, 4.69) is 15.6 Å². The number of rotatable bonds is 3. The van der Waals surface area contributed by atoms with E-state index in [0.29, 0.717) is 10.8 Å². The number of hydrogen-bond acceptors (Lipinski definition) is 3. The molecule has 2 amide bonds. The van der Waals surface area contributed by atoms with Gasteiger partial charge in [-0.25, -0.2) is 9.78 Å². The van der Waals surface area contributed by atoms with Gasteiger partial charge in [0.2, 0.25) is 0 Å². The number of carbonyl (C=O) groups excluding carboxylic acids is 1. The third kappa shape index (κ3) is 5.36. The topological polar surface area (TPSA) is 54.0 Å². The minimum atomic E-state index is -1.37. The summed E-state index contributed by atoms with van der Waals surface area (Å²) in [4.78, 5) is 16.9. The highest BCUT2D eigenvalue weighted by Gasteiger charge is 2.23. The number of aromatic nitrogens is 1. The van der Waals surface area contributed by atoms with Gasteiger partial charge in [-0.15, -0.1) is 11.3 Å². The molecule has 0 unspecified atom stereocenters. The molecule has 0 spiro atoms. The average molecular weight is 365 g/mol. The van der Waals surface area contributed by atoms with Gasteiger partial charge in [0.05, 0.1) is 5.69 Å². The SMILES string of the molecule is Cc1nc(NC(=O)Nc2ccccc2)sc1CC(Cl)(Cl)Cl. The number of thiazole rings is 1. The number of carbonyl (C=O) groups is 1. The van der Waals surface area contributed by atoms with Crippen LogP contribution in [0.3, 0.4) is 0 Å². The lowest BCUT2D eigenvalue weighted by Gasteiger charge is -2.08. The van der Waals surface area contributed by atoms with Crippen LogP contribution in [0.4, 0.5) is 15.6 Å². The zero-order valence-corrected chi connectivity index (χ0v) is 14.1. The number of alkyl halides is 3. The molecule has 0 atom stereocenters. The Kier molecular flexibility index (Phi) is 5.32. The molecule has 112 valence electrons. The van der Waals surface area contributed by atoms with Crippen LogP contribution < -0.4 is 10.6 Å². The first-order valence-corrected chi connectivity index (χ1v) is 7.94. The third-order valence-electron chi connectivity index (χ3n) is 2.51. The fourth-order valence-corrected chi connectivity index (χ4v) is 3.29. The van der Waals surface area contributed by atoms with Crippen LogP contribution in [0.25, 0.3) is 0 Å². The van der Waals surface area contributed by atoms with E-state index < -0.39 is 3.79 Å². The van der Waals surface area contributed by atoms with Gasteiger partial charge in [-0.3, -0.25) is 5.32 Å². The van der Waals surface area contributed by atoms with Crippen LogP contribution in [0.15, 0.2) is 30.3 Å². The number of amides is 2. The Bertz CT molecular complexity index is 625. The Balaban J connectivity index is 2.00. The maximum atomic E-state index is 11.9. The number of nitrogens with one attached hydrogen (secondary N) is 2. The zero-order chi connectivity index (χ0) is 15.5. The molecule has 0 aliphatic rings. The van der Waals surface area contributed by atoms with Gasteiger partial charge in [-0.05, 0) is 19.1 Å². The van der Waals surface area contributed by atoms with Gasteiger partial charge in [0.25, 0.3) is 0 Å². The van der Waals surface area contributed by atoms with Crippen molar-refractivity contribution in [2.45, 2.75) is 17.1 Å². The minimum Gasteiger partial charge on any atom is -0.308 e. The van der Waals surface area contributed by atoms with Crippen LogP contribution in [0.5, 0.6) is 0 Å². The van der Waals surface area contributed by atoms with Gasteiger partial charge in [-0.1, -0.05) is 53.0 Å². The minimum absolute atomic E-state index is 0.253. The molecule has 2 aromatic rings. The Morgan fingerprint density at radius 2 is 1.90 bits per heavy atom. The van der Waals surface area contributed by atoms with E-state index in [1.54, 1.807) is 12.1 Å². The first-order valence-electron chi connectivity index (χ1n) is 5.99. The number of aryl methyl sites for hydroxylation is 1. The average Bonchev–Trinajstić information content (AvgIpc) is 2.68. The van der Waals surface area contributed by atoms with Gasteiger partial charge >= 0.3 is 6.03 Å². The summed E-state index contributed by atoms with van der Waals surface area (Å²) in [5.74, 6) is 0. The van der Waals surface area contributed by atoms with Crippen molar-refractivity contribution in [3.63, 3.8) is 0 Å². The molecule has 0 bridgehead atoms. The standard InChI is InChI=1S/C13H12Cl3N3OS/c1-8-10(7-13(14,15)16)21-12(17-8)19-11(20)18-9-5-3-2-4-6-9/h2-6H,7H2,1H3,(H2,17,18,19,20). The number of halogens is 3. The molecule has 4 nitrogen and oxygen atoms in total. The monoisotopic (exact) mass is 363 g/mol. The highest BCUT2D eigenvalue weighted by atomic mass is 35.6. The van der Waals surface area contributed by atoms with Crippen LogP contribution in [0.1, 0.15) is 10.6 Å². The van der Waals surface area contributed by atoms with Crippen molar-refractivity contribution in [1.29, 1.82) is 0 Å². The molecule has 0 aliphatic heterocycles. The quantitative estimate of drug-likeness (QED) is 0.752. The highest BCUT2D eigenvalue weighted by Crippen LogP contribution is 2.34. The highest BCUT2D eigenvalue weighted by molar-refractivity contribution is 7.16. The van der Waals surface area contributed by atoms with Crippen LogP contribution in [-0.2, 0) is 6.42 Å². The molecule has 8 heteroatoms. The molecular formula is C13H12Cl3N3OS. The van der Waals surface area contributed by atoms with Gasteiger partial charge in [-0.2, -0.15) is 0 Å². The summed E-state index contributed by atoms with van der Waals surface area (Å²) in [6.45, 7) is 1.81. The second-order valence-corrected chi connectivity index (χ2v) is 7.86. The fraction of sp³-hybridized carbons (Fsp3) is 0.231. The molecule has 0 fully saturated rings. The summed E-state index contributed by atoms with van der Waals surface area (Å²) in [5.41, 5.74) is 1.44. The summed E-state index contributed by atoms with van der Waals surface area (Å²) in [7, 11) is 0. The maximum absolute atomic E-state index is 11.9. The predicted molar refractivity (Wildman–Crippen MR) is 89.9 cm³/mol. The number of urea groups is 1. The summed E-state index contributed by atoms with van der Waals surface area (Å²) >= 11 is 18.6. The lowest BCUT2D eigenvalue weighted by atomic mass is 10.3. The molecule has 0 saturated heterocycles. The van der Waals surface area contributed by atoms with Crippen molar-refractivity contribution in [3.8, 4) is 0 Å². The van der Waals surface area contributed by atoms with E-state index in [1.807, 2.05) is 25.1 Å². The molecule has 2 N–H and O–H groups in total. The molecular weight excluding hydrogens is 353 g/mol. The summed E-state index contributed by atoms with van der Waals surface area (Å²) < 4.78 is -1.37. The van der Waals surface area contributed by atoms with Crippen LogP contribution in [0, 0.1) is 6.92 Å². The summed E-state index contributed by atoms with van der Waals surface area (Å²) in [5, 5.41) is 5.83. The second-order valence-electron chi connectivity index (χ2n) is 4.26. The number of benzene rings is 1. The van der Waals surface area contributed by atoms with E-state index >= 15 is 0 Å². The Labute approximate surface area is 141 Å². The fourth-order valence-electron chi connectivity index (χ4n) is 1.61. The van der Waals surface area contributed by atoms with Gasteiger partial charge in [0.15, 0.2) is 8.92 Å². The van der Waals surface area contributed by atoms with Crippen molar-refractivity contribution in [2.75, 3.05) is 10.6 Å². The van der Waals surface area contributed by atoms with Crippen molar-refractivity contribution in [1.82, 2.24) is 4.98 Å². The summed E-state index contributed by atoms with van der Waals surface area (Å²) in [6, 6.07) is 8.76. The maximum Gasteiger partial charge on any atom is 0.325 e.